The summed E-state index contributed by atoms with van der Waals surface area (Å²) in [6, 6.07) is 6.00. The van der Waals surface area contributed by atoms with Crippen LogP contribution in [0.15, 0.2) is 30.6 Å². The van der Waals surface area contributed by atoms with Gasteiger partial charge in [-0.3, -0.25) is 4.98 Å². The van der Waals surface area contributed by atoms with Crippen LogP contribution in [0.25, 0.3) is 10.9 Å². The van der Waals surface area contributed by atoms with Crippen molar-refractivity contribution in [3.8, 4) is 0 Å². The number of rotatable bonds is 2. The molecule has 3 aromatic rings. The Morgan fingerprint density at radius 3 is 2.48 bits per heavy atom. The molecule has 118 valence electrons. The van der Waals surface area contributed by atoms with Crippen molar-refractivity contribution < 1.29 is 0 Å². The molecule has 23 heavy (non-hydrogen) atoms. The molecule has 0 aliphatic carbocycles. The van der Waals surface area contributed by atoms with Crippen molar-refractivity contribution >= 4 is 28.4 Å². The Bertz CT molecular complexity index is 901. The van der Waals surface area contributed by atoms with E-state index >= 15 is 0 Å². The second-order valence-electron chi connectivity index (χ2n) is 6.21. The first-order chi connectivity index (χ1) is 10.8. The second kappa shape index (κ2) is 5.08. The SMILES string of the molecule is Cc1cc(C(C)(C)c2cnc(N)nc2N)c2cccnc2c1N. The summed E-state index contributed by atoms with van der Waals surface area (Å²) in [5, 5.41) is 0.997. The van der Waals surface area contributed by atoms with Gasteiger partial charge in [-0.05, 0) is 24.1 Å². The largest absolute Gasteiger partial charge is 0.397 e. The molecule has 0 aliphatic heterocycles. The molecule has 0 fully saturated rings. The lowest BCUT2D eigenvalue weighted by molar-refractivity contribution is 0.642. The highest BCUT2D eigenvalue weighted by atomic mass is 15.0. The third-order valence-electron chi connectivity index (χ3n) is 4.32. The highest BCUT2D eigenvalue weighted by Crippen LogP contribution is 2.39. The van der Waals surface area contributed by atoms with Crippen molar-refractivity contribution in [2.24, 2.45) is 0 Å². The number of nitrogen functional groups attached to an aromatic ring is 3. The zero-order chi connectivity index (χ0) is 16.8. The van der Waals surface area contributed by atoms with E-state index in [1.807, 2.05) is 19.1 Å². The predicted molar refractivity (Wildman–Crippen MR) is 93.9 cm³/mol. The number of aromatic nitrogens is 3. The van der Waals surface area contributed by atoms with Gasteiger partial charge in [-0.25, -0.2) is 4.98 Å². The molecule has 0 saturated carbocycles. The van der Waals surface area contributed by atoms with Crippen LogP contribution in [0.3, 0.4) is 0 Å². The van der Waals surface area contributed by atoms with E-state index in [4.69, 9.17) is 17.2 Å². The first kappa shape index (κ1) is 15.0. The predicted octanol–water partition coefficient (Wildman–Crippen LogP) is 2.41. The fraction of sp³-hybridized carbons (Fsp3) is 0.235. The van der Waals surface area contributed by atoms with Crippen molar-refractivity contribution in [2.45, 2.75) is 26.2 Å². The molecule has 0 aliphatic rings. The van der Waals surface area contributed by atoms with E-state index in [0.29, 0.717) is 11.5 Å². The van der Waals surface area contributed by atoms with Gasteiger partial charge in [0.15, 0.2) is 0 Å². The average molecular weight is 308 g/mol. The number of hydrogen-bond donors (Lipinski definition) is 3. The summed E-state index contributed by atoms with van der Waals surface area (Å²) in [5.41, 5.74) is 21.8. The van der Waals surface area contributed by atoms with E-state index in [2.05, 4.69) is 34.9 Å². The molecule has 6 nitrogen and oxygen atoms in total. The summed E-state index contributed by atoms with van der Waals surface area (Å²) in [6.07, 6.45) is 3.43. The Balaban J connectivity index is 2.32. The maximum atomic E-state index is 6.19. The van der Waals surface area contributed by atoms with E-state index < -0.39 is 5.41 Å². The molecule has 0 radical (unpaired) electrons. The zero-order valence-corrected chi connectivity index (χ0v) is 13.5. The lowest BCUT2D eigenvalue weighted by Gasteiger charge is -2.28. The molecular formula is C17H20N6. The van der Waals surface area contributed by atoms with E-state index in [-0.39, 0.29) is 5.95 Å². The first-order valence-electron chi connectivity index (χ1n) is 7.35. The number of anilines is 3. The summed E-state index contributed by atoms with van der Waals surface area (Å²) in [5.74, 6) is 0.552. The van der Waals surface area contributed by atoms with Gasteiger partial charge < -0.3 is 17.2 Å². The van der Waals surface area contributed by atoms with Crippen LogP contribution in [0.1, 0.15) is 30.5 Å². The first-order valence-corrected chi connectivity index (χ1v) is 7.35. The smallest absolute Gasteiger partial charge is 0.221 e. The van der Waals surface area contributed by atoms with Gasteiger partial charge >= 0.3 is 0 Å². The van der Waals surface area contributed by atoms with Crippen LogP contribution in [0.2, 0.25) is 0 Å². The van der Waals surface area contributed by atoms with Gasteiger partial charge in [-0.1, -0.05) is 26.0 Å². The zero-order valence-electron chi connectivity index (χ0n) is 13.5. The molecule has 0 amide bonds. The summed E-state index contributed by atoms with van der Waals surface area (Å²) < 4.78 is 0. The molecule has 2 heterocycles. The maximum absolute atomic E-state index is 6.19. The van der Waals surface area contributed by atoms with Crippen LogP contribution in [-0.4, -0.2) is 15.0 Å². The van der Waals surface area contributed by atoms with Gasteiger partial charge in [0.25, 0.3) is 0 Å². The average Bonchev–Trinajstić information content (AvgIpc) is 2.50. The minimum absolute atomic E-state index is 0.169. The van der Waals surface area contributed by atoms with Crippen molar-refractivity contribution in [1.82, 2.24) is 15.0 Å². The second-order valence-corrected chi connectivity index (χ2v) is 6.21. The lowest BCUT2D eigenvalue weighted by atomic mass is 9.76. The number of fused-ring (bicyclic) bond motifs is 1. The van der Waals surface area contributed by atoms with Crippen LogP contribution in [0, 0.1) is 6.92 Å². The van der Waals surface area contributed by atoms with Crippen molar-refractivity contribution in [3.05, 3.63) is 47.3 Å². The third-order valence-corrected chi connectivity index (χ3v) is 4.32. The highest BCUT2D eigenvalue weighted by Gasteiger charge is 2.29. The lowest BCUT2D eigenvalue weighted by Crippen LogP contribution is -2.23. The number of nitrogens with zero attached hydrogens (tertiary/aromatic N) is 3. The molecule has 1 aromatic carbocycles. The molecule has 2 aromatic heterocycles. The van der Waals surface area contributed by atoms with Crippen molar-refractivity contribution in [2.75, 3.05) is 17.2 Å². The molecule has 0 atom stereocenters. The Morgan fingerprint density at radius 2 is 1.78 bits per heavy atom. The molecule has 3 rings (SSSR count). The van der Waals surface area contributed by atoms with E-state index in [0.717, 1.165) is 27.6 Å². The third kappa shape index (κ3) is 2.32. The van der Waals surface area contributed by atoms with Crippen LogP contribution < -0.4 is 17.2 Å². The molecule has 0 bridgehead atoms. The highest BCUT2D eigenvalue weighted by molar-refractivity contribution is 5.94. The summed E-state index contributed by atoms with van der Waals surface area (Å²) in [7, 11) is 0. The fourth-order valence-electron chi connectivity index (χ4n) is 2.95. The summed E-state index contributed by atoms with van der Waals surface area (Å²) in [6.45, 7) is 6.14. The number of pyridine rings is 1. The van der Waals surface area contributed by atoms with Gasteiger partial charge in [0, 0.05) is 28.8 Å². The molecule has 6 N–H and O–H groups in total. The fourth-order valence-corrected chi connectivity index (χ4v) is 2.95. The summed E-state index contributed by atoms with van der Waals surface area (Å²) in [4.78, 5) is 12.6. The maximum Gasteiger partial charge on any atom is 0.221 e. The topological polar surface area (TPSA) is 117 Å². The van der Waals surface area contributed by atoms with E-state index in [1.165, 1.54) is 0 Å². The number of aryl methyl sites for hydroxylation is 1. The number of benzene rings is 1. The van der Waals surface area contributed by atoms with Crippen molar-refractivity contribution in [1.29, 1.82) is 0 Å². The molecule has 0 saturated heterocycles. The van der Waals surface area contributed by atoms with Crippen LogP contribution in [0.5, 0.6) is 0 Å². The molecular weight excluding hydrogens is 288 g/mol. The van der Waals surface area contributed by atoms with Gasteiger partial charge in [0.2, 0.25) is 5.95 Å². The molecule has 0 unspecified atom stereocenters. The number of hydrogen-bond acceptors (Lipinski definition) is 6. The van der Waals surface area contributed by atoms with Crippen LogP contribution >= 0.6 is 0 Å². The standard InChI is InChI=1S/C17H20N6/c1-9-7-11(10-5-4-6-21-14(10)13(9)18)17(2,3)12-8-22-16(20)23-15(12)19/h4-8H,18H2,1-3H3,(H4,19,20,22,23). The van der Waals surface area contributed by atoms with E-state index in [1.54, 1.807) is 12.4 Å². The summed E-state index contributed by atoms with van der Waals surface area (Å²) >= 11 is 0. The van der Waals surface area contributed by atoms with E-state index in [9.17, 15) is 0 Å². The Kier molecular flexibility index (Phi) is 3.32. The molecule has 6 heteroatoms. The van der Waals surface area contributed by atoms with Gasteiger partial charge in [-0.15, -0.1) is 0 Å². The molecule has 0 spiro atoms. The quantitative estimate of drug-likeness (QED) is 0.626. The van der Waals surface area contributed by atoms with Gasteiger partial charge in [0.05, 0.1) is 11.2 Å². The minimum Gasteiger partial charge on any atom is -0.397 e. The Morgan fingerprint density at radius 1 is 1.04 bits per heavy atom. The van der Waals surface area contributed by atoms with Crippen LogP contribution in [-0.2, 0) is 5.41 Å². The Labute approximate surface area is 134 Å². The van der Waals surface area contributed by atoms with Crippen LogP contribution in [0.4, 0.5) is 17.5 Å². The Hall–Kier alpha value is -2.89. The minimum atomic E-state index is -0.419. The normalized spacial score (nSPS) is 11.8. The van der Waals surface area contributed by atoms with Gasteiger partial charge in [0.1, 0.15) is 5.82 Å². The van der Waals surface area contributed by atoms with Gasteiger partial charge in [-0.2, -0.15) is 4.98 Å². The van der Waals surface area contributed by atoms with Crippen molar-refractivity contribution in [3.63, 3.8) is 0 Å². The number of nitrogens with two attached hydrogens (primary N) is 3. The monoisotopic (exact) mass is 308 g/mol.